The minimum Gasteiger partial charge on any atom is -0.444 e. The number of carbonyl (C=O) groups excluding carboxylic acids is 1. The smallest absolute Gasteiger partial charge is 0.410 e. The highest BCUT2D eigenvalue weighted by molar-refractivity contribution is 7.85. The molecule has 6 nitrogen and oxygen atoms in total. The van der Waals surface area contributed by atoms with E-state index in [0.29, 0.717) is 0 Å². The molecule has 16 heavy (non-hydrogen) atoms. The van der Waals surface area contributed by atoms with Crippen molar-refractivity contribution in [3.05, 3.63) is 0 Å². The minimum absolute atomic E-state index is 0.561. The highest BCUT2D eigenvalue weighted by Crippen LogP contribution is 2.08. The van der Waals surface area contributed by atoms with Gasteiger partial charge in [0, 0.05) is 13.6 Å². The van der Waals surface area contributed by atoms with Gasteiger partial charge in [0.1, 0.15) is 5.60 Å². The molecule has 0 aromatic carbocycles. The Morgan fingerprint density at radius 1 is 1.44 bits per heavy atom. The highest BCUT2D eigenvalue weighted by atomic mass is 32.2. The van der Waals surface area contributed by atoms with E-state index in [0.717, 1.165) is 11.2 Å². The van der Waals surface area contributed by atoms with Gasteiger partial charge in [0.2, 0.25) is 0 Å². The van der Waals surface area contributed by atoms with Crippen molar-refractivity contribution in [2.75, 3.05) is 26.4 Å². The lowest BCUT2D eigenvalue weighted by atomic mass is 10.2. The zero-order chi connectivity index (χ0) is 14.8. The molecule has 0 aromatic rings. The average Bonchev–Trinajstić information content (AvgIpc) is 1.93. The molecule has 0 atom stereocenters. The molecule has 0 saturated heterocycles. The van der Waals surface area contributed by atoms with Gasteiger partial charge < -0.3 is 9.64 Å². The summed E-state index contributed by atoms with van der Waals surface area (Å²) in [7, 11) is -2.65. The number of carbonyl (C=O) groups is 1. The van der Waals surface area contributed by atoms with E-state index in [1.165, 1.54) is 7.05 Å². The van der Waals surface area contributed by atoms with Gasteiger partial charge in [0.05, 0.1) is 15.6 Å². The molecule has 0 unspecified atom stereocenters. The van der Waals surface area contributed by atoms with Gasteiger partial charge in [-0.2, -0.15) is 8.42 Å². The fraction of sp³-hybridized carbons (Fsp3) is 0.889. The maximum absolute atomic E-state index is 11.5. The monoisotopic (exact) mass is 255 g/mol. The van der Waals surface area contributed by atoms with Crippen LogP contribution in [0.15, 0.2) is 0 Å². The molecule has 0 bridgehead atoms. The molecule has 96 valence electrons. The van der Waals surface area contributed by atoms with E-state index < -0.39 is 34.9 Å². The van der Waals surface area contributed by atoms with Crippen LogP contribution in [0.5, 0.6) is 0 Å². The Labute approximate surface area is 99.5 Å². The van der Waals surface area contributed by atoms with E-state index in [9.17, 15) is 13.2 Å². The third-order valence-electron chi connectivity index (χ3n) is 1.22. The third kappa shape index (κ3) is 8.49. The SMILES string of the molecule is [2H]C([2H])(CN(C)C(=O)OC(C)(C)C)OS(C)(=O)=O. The van der Waals surface area contributed by atoms with Gasteiger partial charge in [-0.3, -0.25) is 4.18 Å². The standard InChI is InChI=1S/C9H19NO5S/c1-9(2,3)15-8(11)10(4)6-7-14-16(5,12)13/h6-7H2,1-5H3/i7D2. The lowest BCUT2D eigenvalue weighted by Gasteiger charge is -2.24. The molecule has 0 saturated carbocycles. The van der Waals surface area contributed by atoms with E-state index in [-0.39, 0.29) is 0 Å². The summed E-state index contributed by atoms with van der Waals surface area (Å²) >= 11 is 0. The van der Waals surface area contributed by atoms with Gasteiger partial charge >= 0.3 is 6.09 Å². The molecule has 0 radical (unpaired) electrons. The van der Waals surface area contributed by atoms with Crippen LogP contribution in [-0.4, -0.2) is 51.4 Å². The number of ether oxygens (including phenoxy) is 1. The number of likely N-dealkylation sites (N-methyl/N-ethyl adjacent to an activating group) is 1. The molecular formula is C9H19NO5S. The molecule has 0 aliphatic carbocycles. The molecule has 0 spiro atoms. The Balaban J connectivity index is 4.56. The lowest BCUT2D eigenvalue weighted by Crippen LogP contribution is -2.36. The minimum atomic E-state index is -3.94. The molecule has 0 aliphatic heterocycles. The largest absolute Gasteiger partial charge is 0.444 e. The molecule has 0 N–H and O–H groups in total. The fourth-order valence-electron chi connectivity index (χ4n) is 0.635. The third-order valence-corrected chi connectivity index (χ3v) is 1.64. The van der Waals surface area contributed by atoms with Crippen LogP contribution >= 0.6 is 0 Å². The molecule has 0 rings (SSSR count). The fourth-order valence-corrected chi connectivity index (χ4v) is 0.901. The molecular weight excluding hydrogens is 234 g/mol. The first-order valence-electron chi connectivity index (χ1n) is 5.57. The van der Waals surface area contributed by atoms with Crippen molar-refractivity contribution >= 4 is 16.2 Å². The van der Waals surface area contributed by atoms with Crippen LogP contribution in [-0.2, 0) is 19.0 Å². The van der Waals surface area contributed by atoms with Crippen molar-refractivity contribution in [1.82, 2.24) is 4.90 Å². The summed E-state index contributed by atoms with van der Waals surface area (Å²) in [6.07, 6.45) is -0.0262. The Kier molecular flexibility index (Phi) is 4.00. The van der Waals surface area contributed by atoms with E-state index >= 15 is 0 Å². The summed E-state index contributed by atoms with van der Waals surface area (Å²) in [4.78, 5) is 12.4. The maximum atomic E-state index is 11.5. The van der Waals surface area contributed by atoms with Crippen molar-refractivity contribution in [2.45, 2.75) is 26.4 Å². The van der Waals surface area contributed by atoms with Gasteiger partial charge in [0.25, 0.3) is 10.1 Å². The van der Waals surface area contributed by atoms with Crippen LogP contribution < -0.4 is 0 Å². The van der Waals surface area contributed by atoms with Crippen molar-refractivity contribution in [3.63, 3.8) is 0 Å². The van der Waals surface area contributed by atoms with Gasteiger partial charge in [-0.15, -0.1) is 0 Å². The second-order valence-corrected chi connectivity index (χ2v) is 5.84. The summed E-state index contributed by atoms with van der Waals surface area (Å²) in [5, 5.41) is 0. The zero-order valence-corrected chi connectivity index (χ0v) is 10.9. The maximum Gasteiger partial charge on any atom is 0.410 e. The van der Waals surface area contributed by atoms with Crippen LogP contribution in [0.3, 0.4) is 0 Å². The summed E-state index contributed by atoms with van der Waals surface area (Å²) in [5.41, 5.74) is -0.713. The van der Waals surface area contributed by atoms with Crippen LogP contribution in [0, 0.1) is 0 Å². The molecule has 0 aromatic heterocycles. The van der Waals surface area contributed by atoms with Crippen LogP contribution in [0.1, 0.15) is 23.5 Å². The Bertz CT molecular complexity index is 402. The van der Waals surface area contributed by atoms with Gasteiger partial charge in [-0.1, -0.05) is 0 Å². The summed E-state index contributed by atoms with van der Waals surface area (Å²) < 4.78 is 45.6. The topological polar surface area (TPSA) is 72.9 Å². The first-order valence-corrected chi connectivity index (χ1v) is 6.38. The molecule has 0 aliphatic rings. The van der Waals surface area contributed by atoms with Gasteiger partial charge in [-0.25, -0.2) is 4.79 Å². The number of amides is 1. The predicted octanol–water partition coefficient (Wildman–Crippen LogP) is 0.830. The van der Waals surface area contributed by atoms with E-state index in [4.69, 9.17) is 7.48 Å². The van der Waals surface area contributed by atoms with Crippen molar-refractivity contribution in [2.24, 2.45) is 0 Å². The van der Waals surface area contributed by atoms with Crippen molar-refractivity contribution < 1.29 is 24.9 Å². The first-order chi connectivity index (χ1) is 7.72. The second kappa shape index (κ2) is 5.49. The summed E-state index contributed by atoms with van der Waals surface area (Å²) in [6, 6.07) is 0. The second-order valence-electron chi connectivity index (χ2n) is 4.27. The first kappa shape index (κ1) is 11.7. The lowest BCUT2D eigenvalue weighted by molar-refractivity contribution is 0.0279. The van der Waals surface area contributed by atoms with E-state index in [2.05, 4.69) is 4.18 Å². The normalized spacial score (nSPS) is 15.1. The molecule has 1 amide bonds. The Hall–Kier alpha value is -0.820. The van der Waals surface area contributed by atoms with Gasteiger partial charge in [0.15, 0.2) is 0 Å². The number of hydrogen-bond acceptors (Lipinski definition) is 5. The molecule has 0 fully saturated rings. The van der Waals surface area contributed by atoms with E-state index in [1.807, 2.05) is 0 Å². The quantitative estimate of drug-likeness (QED) is 0.696. The number of nitrogens with zero attached hydrogens (tertiary/aromatic N) is 1. The highest BCUT2D eigenvalue weighted by Gasteiger charge is 2.19. The van der Waals surface area contributed by atoms with E-state index in [1.54, 1.807) is 20.8 Å². The Morgan fingerprint density at radius 2 is 1.94 bits per heavy atom. The van der Waals surface area contributed by atoms with Crippen molar-refractivity contribution in [1.29, 1.82) is 0 Å². The average molecular weight is 255 g/mol. The van der Waals surface area contributed by atoms with Crippen molar-refractivity contribution in [3.8, 4) is 0 Å². The number of rotatable bonds is 4. The number of hydrogen-bond donors (Lipinski definition) is 0. The zero-order valence-electron chi connectivity index (χ0n) is 12.1. The summed E-state index contributed by atoms with van der Waals surface area (Å²) in [6.45, 7) is 1.94. The Morgan fingerprint density at radius 3 is 2.31 bits per heavy atom. The van der Waals surface area contributed by atoms with Crippen LogP contribution in [0.4, 0.5) is 4.79 Å². The molecule has 7 heteroatoms. The molecule has 0 heterocycles. The van der Waals surface area contributed by atoms with Crippen LogP contribution in [0.2, 0.25) is 0 Å². The van der Waals surface area contributed by atoms with Gasteiger partial charge in [-0.05, 0) is 20.8 Å². The van der Waals surface area contributed by atoms with Crippen LogP contribution in [0.25, 0.3) is 0 Å². The summed E-state index contributed by atoms with van der Waals surface area (Å²) in [5.74, 6) is 0. The predicted molar refractivity (Wildman–Crippen MR) is 59.7 cm³/mol.